The van der Waals surface area contributed by atoms with Crippen LogP contribution < -0.4 is 9.47 Å². The summed E-state index contributed by atoms with van der Waals surface area (Å²) in [6.45, 7) is 2.46. The molecule has 4 nitrogen and oxygen atoms in total. The Morgan fingerprint density at radius 3 is 2.52 bits per heavy atom. The molecule has 2 aromatic carbocycles. The van der Waals surface area contributed by atoms with Gasteiger partial charge in [0.25, 0.3) is 0 Å². The van der Waals surface area contributed by atoms with Crippen LogP contribution >= 0.6 is 15.9 Å². The van der Waals surface area contributed by atoms with Gasteiger partial charge in [-0.1, -0.05) is 45.8 Å². The summed E-state index contributed by atoms with van der Waals surface area (Å²) in [5.41, 5.74) is 2.96. The quantitative estimate of drug-likeness (QED) is 0.756. The molecule has 0 saturated heterocycles. The highest BCUT2D eigenvalue weighted by Gasteiger charge is 2.09. The second kappa shape index (κ2) is 7.83. The van der Waals surface area contributed by atoms with Crippen molar-refractivity contribution in [2.75, 3.05) is 7.11 Å². The normalized spacial score (nSPS) is 10.7. The van der Waals surface area contributed by atoms with Crippen LogP contribution in [0.1, 0.15) is 16.7 Å². The van der Waals surface area contributed by atoms with Crippen LogP contribution in [0.15, 0.2) is 46.9 Å². The maximum Gasteiger partial charge on any atom is 0.328 e. The van der Waals surface area contributed by atoms with Crippen molar-refractivity contribution < 1.29 is 19.4 Å². The Balaban J connectivity index is 2.19. The first kappa shape index (κ1) is 17.1. The minimum Gasteiger partial charge on any atom is -0.493 e. The molecule has 2 rings (SSSR count). The molecule has 0 bridgehead atoms. The molecule has 0 saturated carbocycles. The van der Waals surface area contributed by atoms with Gasteiger partial charge in [0.2, 0.25) is 0 Å². The number of rotatable bonds is 6. The van der Waals surface area contributed by atoms with E-state index in [0.717, 1.165) is 16.1 Å². The Morgan fingerprint density at radius 1 is 1.22 bits per heavy atom. The van der Waals surface area contributed by atoms with E-state index in [4.69, 9.17) is 14.6 Å². The standard InChI is InChI=1S/C18H17BrO4/c1-12-3-5-13(6-4-12)11-23-17-10-15(19)14(7-8-18(20)21)9-16(17)22-2/h3-10H,11H2,1-2H3,(H,20,21)/b8-7+. The second-order valence-electron chi connectivity index (χ2n) is 4.97. The van der Waals surface area contributed by atoms with Crippen LogP contribution in [0.25, 0.3) is 6.08 Å². The number of hydrogen-bond donors (Lipinski definition) is 1. The summed E-state index contributed by atoms with van der Waals surface area (Å²) in [6.07, 6.45) is 2.57. The van der Waals surface area contributed by atoms with Crippen LogP contribution in [0.4, 0.5) is 0 Å². The van der Waals surface area contributed by atoms with Crippen LogP contribution in [-0.4, -0.2) is 18.2 Å². The van der Waals surface area contributed by atoms with Gasteiger partial charge in [0.05, 0.1) is 7.11 Å². The Hall–Kier alpha value is -2.27. The highest BCUT2D eigenvalue weighted by Crippen LogP contribution is 2.34. The number of aliphatic carboxylic acids is 1. The van der Waals surface area contributed by atoms with Crippen molar-refractivity contribution in [2.24, 2.45) is 0 Å². The van der Waals surface area contributed by atoms with Crippen molar-refractivity contribution in [2.45, 2.75) is 13.5 Å². The van der Waals surface area contributed by atoms with E-state index in [-0.39, 0.29) is 0 Å². The van der Waals surface area contributed by atoms with E-state index in [0.29, 0.717) is 23.7 Å². The molecule has 0 fully saturated rings. The number of aryl methyl sites for hydroxylation is 1. The van der Waals surface area contributed by atoms with E-state index in [9.17, 15) is 4.79 Å². The first-order chi connectivity index (χ1) is 11.0. The van der Waals surface area contributed by atoms with Crippen LogP contribution in [-0.2, 0) is 11.4 Å². The van der Waals surface area contributed by atoms with Crippen molar-refractivity contribution in [3.05, 3.63) is 63.6 Å². The number of carbonyl (C=O) groups is 1. The zero-order valence-electron chi connectivity index (χ0n) is 12.9. The highest BCUT2D eigenvalue weighted by molar-refractivity contribution is 9.10. The van der Waals surface area contributed by atoms with Gasteiger partial charge in [-0.15, -0.1) is 0 Å². The minimum atomic E-state index is -1.00. The van der Waals surface area contributed by atoms with Gasteiger partial charge >= 0.3 is 5.97 Å². The fourth-order valence-corrected chi connectivity index (χ4v) is 2.41. The molecule has 23 heavy (non-hydrogen) atoms. The zero-order chi connectivity index (χ0) is 16.8. The molecule has 0 aliphatic rings. The van der Waals surface area contributed by atoms with Crippen LogP contribution in [0, 0.1) is 6.92 Å². The molecule has 0 aliphatic carbocycles. The lowest BCUT2D eigenvalue weighted by atomic mass is 10.1. The maximum absolute atomic E-state index is 10.6. The summed E-state index contributed by atoms with van der Waals surface area (Å²) in [5.74, 6) is 0.133. The van der Waals surface area contributed by atoms with Crippen LogP contribution in [0.3, 0.4) is 0 Å². The molecular weight excluding hydrogens is 360 g/mol. The molecule has 0 spiro atoms. The highest BCUT2D eigenvalue weighted by atomic mass is 79.9. The summed E-state index contributed by atoms with van der Waals surface area (Å²) in [5, 5.41) is 8.72. The Kier molecular flexibility index (Phi) is 5.82. The number of hydrogen-bond acceptors (Lipinski definition) is 3. The fraction of sp³-hybridized carbons (Fsp3) is 0.167. The lowest BCUT2D eigenvalue weighted by Gasteiger charge is -2.13. The van der Waals surface area contributed by atoms with Gasteiger partial charge in [0.1, 0.15) is 6.61 Å². The van der Waals surface area contributed by atoms with Gasteiger partial charge in [0.15, 0.2) is 11.5 Å². The lowest BCUT2D eigenvalue weighted by Crippen LogP contribution is -1.98. The third kappa shape index (κ3) is 4.86. The van der Waals surface area contributed by atoms with E-state index in [1.165, 1.54) is 11.6 Å². The van der Waals surface area contributed by atoms with E-state index in [1.807, 2.05) is 31.2 Å². The van der Waals surface area contributed by atoms with E-state index >= 15 is 0 Å². The Bertz CT molecular complexity index is 721. The lowest BCUT2D eigenvalue weighted by molar-refractivity contribution is -0.131. The van der Waals surface area contributed by atoms with Crippen molar-refractivity contribution in [3.63, 3.8) is 0 Å². The molecule has 0 heterocycles. The number of carboxylic acids is 1. The summed E-state index contributed by atoms with van der Waals surface area (Å²) in [7, 11) is 1.55. The van der Waals surface area contributed by atoms with Crippen molar-refractivity contribution in [3.8, 4) is 11.5 Å². The SMILES string of the molecule is COc1cc(/C=C/C(=O)O)c(Br)cc1OCc1ccc(C)cc1. The molecule has 0 radical (unpaired) electrons. The predicted octanol–water partition coefficient (Wildman–Crippen LogP) is 4.44. The molecule has 120 valence electrons. The number of methoxy groups -OCH3 is 1. The minimum absolute atomic E-state index is 0.424. The Morgan fingerprint density at radius 2 is 1.91 bits per heavy atom. The molecule has 0 unspecified atom stereocenters. The maximum atomic E-state index is 10.6. The topological polar surface area (TPSA) is 55.8 Å². The third-order valence-corrected chi connectivity index (χ3v) is 3.89. The van der Waals surface area contributed by atoms with Crippen molar-refractivity contribution in [1.82, 2.24) is 0 Å². The molecule has 5 heteroatoms. The van der Waals surface area contributed by atoms with Crippen LogP contribution in [0.2, 0.25) is 0 Å². The van der Waals surface area contributed by atoms with E-state index in [1.54, 1.807) is 19.2 Å². The van der Waals surface area contributed by atoms with Crippen molar-refractivity contribution >= 4 is 28.0 Å². The van der Waals surface area contributed by atoms with E-state index in [2.05, 4.69) is 15.9 Å². The number of benzene rings is 2. The van der Waals surface area contributed by atoms with Crippen LogP contribution in [0.5, 0.6) is 11.5 Å². The smallest absolute Gasteiger partial charge is 0.328 e. The summed E-state index contributed by atoms with van der Waals surface area (Å²) < 4.78 is 11.9. The summed E-state index contributed by atoms with van der Waals surface area (Å²) in [4.78, 5) is 10.6. The third-order valence-electron chi connectivity index (χ3n) is 3.20. The predicted molar refractivity (Wildman–Crippen MR) is 92.9 cm³/mol. The number of carboxylic acid groups (broad SMARTS) is 1. The van der Waals surface area contributed by atoms with Gasteiger partial charge in [0, 0.05) is 10.5 Å². The fourth-order valence-electron chi connectivity index (χ4n) is 1.96. The number of halogens is 1. The van der Waals surface area contributed by atoms with Gasteiger partial charge in [-0.2, -0.15) is 0 Å². The molecule has 0 atom stereocenters. The monoisotopic (exact) mass is 376 g/mol. The van der Waals surface area contributed by atoms with Gasteiger partial charge in [-0.25, -0.2) is 4.79 Å². The van der Waals surface area contributed by atoms with Gasteiger partial charge in [-0.3, -0.25) is 0 Å². The number of ether oxygens (including phenoxy) is 2. The van der Waals surface area contributed by atoms with Gasteiger partial charge in [-0.05, 0) is 36.3 Å². The largest absolute Gasteiger partial charge is 0.493 e. The molecule has 2 aromatic rings. The van der Waals surface area contributed by atoms with Crippen molar-refractivity contribution in [1.29, 1.82) is 0 Å². The zero-order valence-corrected chi connectivity index (χ0v) is 14.5. The molecular formula is C18H17BrO4. The molecule has 1 N–H and O–H groups in total. The van der Waals surface area contributed by atoms with Gasteiger partial charge < -0.3 is 14.6 Å². The molecule has 0 aliphatic heterocycles. The Labute approximate surface area is 143 Å². The average Bonchev–Trinajstić information content (AvgIpc) is 2.53. The first-order valence-corrected chi connectivity index (χ1v) is 7.76. The average molecular weight is 377 g/mol. The molecule has 0 aromatic heterocycles. The second-order valence-corrected chi connectivity index (χ2v) is 5.82. The summed E-state index contributed by atoms with van der Waals surface area (Å²) in [6, 6.07) is 11.6. The molecule has 0 amide bonds. The van der Waals surface area contributed by atoms with E-state index < -0.39 is 5.97 Å². The first-order valence-electron chi connectivity index (χ1n) is 6.96. The summed E-state index contributed by atoms with van der Waals surface area (Å²) >= 11 is 3.42.